The Morgan fingerprint density at radius 3 is 2.70 bits per heavy atom. The lowest BCUT2D eigenvalue weighted by Crippen LogP contribution is -2.40. The van der Waals surface area contributed by atoms with E-state index >= 15 is 0 Å². The normalized spacial score (nSPS) is 17.9. The molecule has 1 aromatic carbocycles. The molecule has 1 fully saturated rings. The lowest BCUT2D eigenvalue weighted by molar-refractivity contribution is -0.384. The van der Waals surface area contributed by atoms with Crippen molar-refractivity contribution >= 4 is 23.0 Å². The van der Waals surface area contributed by atoms with Gasteiger partial charge in [-0.2, -0.15) is 0 Å². The van der Waals surface area contributed by atoms with Gasteiger partial charge < -0.3 is 15.3 Å². The average molecular weight is 342 g/mol. The molecule has 2 N–H and O–H groups in total. The molecule has 1 heterocycles. The number of nitro benzene ring substituents is 1. The molecule has 7 heteroatoms. The number of benzene rings is 1. The highest BCUT2D eigenvalue weighted by atomic mass is 35.5. The first-order chi connectivity index (χ1) is 10.9. The van der Waals surface area contributed by atoms with Crippen LogP contribution in [0.3, 0.4) is 0 Å². The van der Waals surface area contributed by atoms with Crippen LogP contribution in [0.4, 0.5) is 11.4 Å². The Morgan fingerprint density at radius 1 is 1.48 bits per heavy atom. The fourth-order valence-corrected chi connectivity index (χ4v) is 3.21. The fraction of sp³-hybridized carbons (Fsp3) is 0.625. The number of nitrogens with zero attached hydrogens (tertiary/aromatic N) is 2. The van der Waals surface area contributed by atoms with Crippen LogP contribution in [0.25, 0.3) is 0 Å². The molecule has 128 valence electrons. The molecule has 23 heavy (non-hydrogen) atoms. The number of nitro groups is 1. The number of hydrogen-bond acceptors (Lipinski definition) is 5. The van der Waals surface area contributed by atoms with Crippen molar-refractivity contribution in [3.63, 3.8) is 0 Å². The van der Waals surface area contributed by atoms with E-state index in [2.05, 4.69) is 17.1 Å². The van der Waals surface area contributed by atoms with Crippen LogP contribution in [0.2, 0.25) is 5.02 Å². The minimum atomic E-state index is -0.505. The molecule has 0 saturated carbocycles. The van der Waals surface area contributed by atoms with Gasteiger partial charge in [0.1, 0.15) is 0 Å². The smallest absolute Gasteiger partial charge is 0.271 e. The van der Waals surface area contributed by atoms with E-state index in [0.29, 0.717) is 29.4 Å². The summed E-state index contributed by atoms with van der Waals surface area (Å²) >= 11 is 6.11. The molecule has 1 saturated heterocycles. The maximum absolute atomic E-state index is 10.8. The third kappa shape index (κ3) is 5.06. The number of hydrogen-bond donors (Lipinski definition) is 2. The lowest BCUT2D eigenvalue weighted by atomic mass is 9.99. The van der Waals surface area contributed by atoms with Crippen LogP contribution < -0.4 is 5.32 Å². The molecular weight excluding hydrogens is 318 g/mol. The summed E-state index contributed by atoms with van der Waals surface area (Å²) in [5.41, 5.74) is 1.31. The van der Waals surface area contributed by atoms with Crippen molar-refractivity contribution in [2.24, 2.45) is 5.92 Å². The van der Waals surface area contributed by atoms with Gasteiger partial charge in [0.25, 0.3) is 5.69 Å². The largest absolute Gasteiger partial charge is 0.390 e. The van der Waals surface area contributed by atoms with Crippen LogP contribution in [0.15, 0.2) is 12.1 Å². The van der Waals surface area contributed by atoms with Crippen molar-refractivity contribution in [3.05, 3.63) is 32.8 Å². The summed E-state index contributed by atoms with van der Waals surface area (Å²) in [5.74, 6) is 0.767. The monoisotopic (exact) mass is 341 g/mol. The van der Waals surface area contributed by atoms with Crippen LogP contribution in [-0.2, 0) is 0 Å². The fourth-order valence-electron chi connectivity index (χ4n) is 2.88. The van der Waals surface area contributed by atoms with Gasteiger partial charge >= 0.3 is 0 Å². The molecular formula is C16H24ClN3O3. The van der Waals surface area contributed by atoms with Crippen molar-refractivity contribution in [1.82, 2.24) is 4.90 Å². The zero-order valence-corrected chi connectivity index (χ0v) is 14.3. The molecule has 0 radical (unpaired) electrons. The van der Waals surface area contributed by atoms with Gasteiger partial charge in [0.2, 0.25) is 0 Å². The zero-order valence-electron chi connectivity index (χ0n) is 13.6. The lowest BCUT2D eigenvalue weighted by Gasteiger charge is -2.31. The van der Waals surface area contributed by atoms with Gasteiger partial charge in [0.15, 0.2) is 0 Å². The first-order valence-electron chi connectivity index (χ1n) is 7.95. The van der Waals surface area contributed by atoms with E-state index in [9.17, 15) is 15.2 Å². The molecule has 0 aliphatic carbocycles. The molecule has 1 atom stereocenters. The summed E-state index contributed by atoms with van der Waals surface area (Å²) in [7, 11) is 0. The van der Waals surface area contributed by atoms with E-state index in [1.807, 2.05) is 0 Å². The molecule has 6 nitrogen and oxygen atoms in total. The Bertz CT molecular complexity index is 536. The Labute approximate surface area is 141 Å². The minimum absolute atomic E-state index is 0.0268. The van der Waals surface area contributed by atoms with Gasteiger partial charge in [0.05, 0.1) is 21.7 Å². The number of anilines is 1. The second-order valence-corrected chi connectivity index (χ2v) is 6.80. The highest BCUT2D eigenvalue weighted by molar-refractivity contribution is 6.33. The average Bonchev–Trinajstić information content (AvgIpc) is 2.48. The highest BCUT2D eigenvalue weighted by Crippen LogP contribution is 2.30. The third-order valence-corrected chi connectivity index (χ3v) is 4.64. The first-order valence-corrected chi connectivity index (χ1v) is 8.33. The van der Waals surface area contributed by atoms with E-state index in [1.165, 1.54) is 25.0 Å². The number of nitrogens with one attached hydrogen (secondary N) is 1. The van der Waals surface area contributed by atoms with E-state index in [-0.39, 0.29) is 5.69 Å². The Kier molecular flexibility index (Phi) is 6.21. The van der Waals surface area contributed by atoms with Crippen molar-refractivity contribution < 1.29 is 10.0 Å². The molecule has 0 aromatic heterocycles. The van der Waals surface area contributed by atoms with Gasteiger partial charge in [-0.25, -0.2) is 0 Å². The van der Waals surface area contributed by atoms with Gasteiger partial charge in [0, 0.05) is 25.2 Å². The number of non-ortho nitro benzene ring substituents is 1. The molecule has 2 rings (SSSR count). The van der Waals surface area contributed by atoms with Crippen molar-refractivity contribution in [3.8, 4) is 0 Å². The SMILES string of the molecule is Cc1cc([N+](=O)[O-])cc(Cl)c1NCC(O)CN1CCC(C)CC1. The Morgan fingerprint density at radius 2 is 2.13 bits per heavy atom. The number of β-amino-alcohol motifs (C(OH)–C–C–N with tert-alkyl or cyclic N) is 1. The van der Waals surface area contributed by atoms with Crippen LogP contribution >= 0.6 is 11.6 Å². The highest BCUT2D eigenvalue weighted by Gasteiger charge is 2.19. The van der Waals surface area contributed by atoms with Crippen molar-refractivity contribution in [2.75, 3.05) is 31.5 Å². The standard InChI is InChI=1S/C16H24ClN3O3/c1-11-3-5-19(6-4-11)10-14(21)9-18-16-12(2)7-13(20(22)23)8-15(16)17/h7-8,11,14,18,21H,3-6,9-10H2,1-2H3. The number of piperidine rings is 1. The number of aliphatic hydroxyl groups excluding tert-OH is 1. The van der Waals surface area contributed by atoms with Gasteiger partial charge in [-0.05, 0) is 44.3 Å². The summed E-state index contributed by atoms with van der Waals surface area (Å²) in [6.45, 7) is 7.06. The first kappa shape index (κ1) is 18.0. The molecule has 0 bridgehead atoms. The van der Waals surface area contributed by atoms with E-state index in [0.717, 1.165) is 19.0 Å². The predicted molar refractivity (Wildman–Crippen MR) is 92.2 cm³/mol. The summed E-state index contributed by atoms with van der Waals surface area (Å²) in [4.78, 5) is 12.6. The molecule has 1 aromatic rings. The molecule has 1 aliphatic heterocycles. The van der Waals surface area contributed by atoms with Crippen LogP contribution in [0.5, 0.6) is 0 Å². The summed E-state index contributed by atoms with van der Waals surface area (Å²) in [6.07, 6.45) is 1.84. The van der Waals surface area contributed by atoms with Crippen molar-refractivity contribution in [1.29, 1.82) is 0 Å². The predicted octanol–water partition coefficient (Wildman–Crippen LogP) is 3.06. The molecule has 1 aliphatic rings. The number of halogens is 1. The van der Waals surface area contributed by atoms with Crippen LogP contribution in [0, 0.1) is 23.0 Å². The second kappa shape index (κ2) is 7.95. The molecule has 1 unspecified atom stereocenters. The Balaban J connectivity index is 1.89. The number of aliphatic hydroxyl groups is 1. The maximum atomic E-state index is 10.8. The summed E-state index contributed by atoms with van der Waals surface area (Å²) in [5, 5.41) is 24.4. The van der Waals surface area contributed by atoms with Gasteiger partial charge in [-0.15, -0.1) is 0 Å². The second-order valence-electron chi connectivity index (χ2n) is 6.39. The number of aryl methyl sites for hydroxylation is 1. The van der Waals surface area contributed by atoms with E-state index in [4.69, 9.17) is 11.6 Å². The maximum Gasteiger partial charge on any atom is 0.271 e. The minimum Gasteiger partial charge on any atom is -0.390 e. The van der Waals surface area contributed by atoms with E-state index in [1.54, 1.807) is 6.92 Å². The molecule has 0 amide bonds. The summed E-state index contributed by atoms with van der Waals surface area (Å²) < 4.78 is 0. The summed E-state index contributed by atoms with van der Waals surface area (Å²) in [6, 6.07) is 2.81. The topological polar surface area (TPSA) is 78.6 Å². The third-order valence-electron chi connectivity index (χ3n) is 4.34. The quantitative estimate of drug-likeness (QED) is 0.614. The number of likely N-dealkylation sites (tertiary alicyclic amines) is 1. The van der Waals surface area contributed by atoms with Crippen LogP contribution in [0.1, 0.15) is 25.3 Å². The van der Waals surface area contributed by atoms with Crippen LogP contribution in [-0.4, -0.2) is 47.2 Å². The van der Waals surface area contributed by atoms with Gasteiger partial charge in [-0.1, -0.05) is 18.5 Å². The van der Waals surface area contributed by atoms with E-state index < -0.39 is 11.0 Å². The Hall–Kier alpha value is -1.37. The van der Waals surface area contributed by atoms with Gasteiger partial charge in [-0.3, -0.25) is 10.1 Å². The zero-order chi connectivity index (χ0) is 17.0. The molecule has 0 spiro atoms. The van der Waals surface area contributed by atoms with Crippen molar-refractivity contribution in [2.45, 2.75) is 32.8 Å². The number of rotatable bonds is 6.